The number of hydrogen-bond acceptors (Lipinski definition) is 0. The van der Waals surface area contributed by atoms with Gasteiger partial charge in [-0.25, -0.2) is 0 Å². The summed E-state index contributed by atoms with van der Waals surface area (Å²) in [4.78, 5) is 0.715. The van der Waals surface area contributed by atoms with Crippen LogP contribution in [0.1, 0.15) is 19.3 Å². The van der Waals surface area contributed by atoms with Gasteiger partial charge in [-0.3, -0.25) is 0 Å². The normalized spacial score (nSPS) is 24.9. The first-order chi connectivity index (χ1) is 3.34. The van der Waals surface area contributed by atoms with Crippen molar-refractivity contribution in [2.24, 2.45) is 5.92 Å². The van der Waals surface area contributed by atoms with Crippen molar-refractivity contribution in [1.29, 1.82) is 0 Å². The minimum absolute atomic E-state index is 0.715. The zero-order valence-corrected chi connectivity index (χ0v) is 5.95. The molecule has 1 heteroatoms. The van der Waals surface area contributed by atoms with Gasteiger partial charge >= 0.3 is 0 Å². The van der Waals surface area contributed by atoms with Crippen LogP contribution in [0.3, 0.4) is 0 Å². The van der Waals surface area contributed by atoms with Crippen LogP contribution >= 0.6 is 15.9 Å². The van der Waals surface area contributed by atoms with E-state index in [1.807, 2.05) is 0 Å². The third-order valence-electron chi connectivity index (χ3n) is 1.41. The van der Waals surface area contributed by atoms with Gasteiger partial charge in [-0.15, -0.1) is 0 Å². The fourth-order valence-corrected chi connectivity index (χ4v) is 1.22. The summed E-state index contributed by atoms with van der Waals surface area (Å²) in [6.07, 6.45) is 3.89. The van der Waals surface area contributed by atoms with Crippen LogP contribution in [0.2, 0.25) is 0 Å². The highest BCUT2D eigenvalue weighted by atomic mass is 79.9. The van der Waals surface area contributed by atoms with Crippen molar-refractivity contribution in [2.45, 2.75) is 24.1 Å². The molecule has 1 fully saturated rings. The van der Waals surface area contributed by atoms with E-state index >= 15 is 0 Å². The molecule has 1 atom stereocenters. The van der Waals surface area contributed by atoms with Gasteiger partial charge in [0.1, 0.15) is 0 Å². The topological polar surface area (TPSA) is 0 Å². The van der Waals surface area contributed by atoms with Gasteiger partial charge in [0.2, 0.25) is 0 Å². The van der Waals surface area contributed by atoms with E-state index in [1.165, 1.54) is 12.8 Å². The Morgan fingerprint density at radius 1 is 1.71 bits per heavy atom. The Balaban J connectivity index is 2.10. The molecule has 1 unspecified atom stereocenters. The van der Waals surface area contributed by atoms with Crippen molar-refractivity contribution < 1.29 is 0 Å². The van der Waals surface area contributed by atoms with Gasteiger partial charge in [0.15, 0.2) is 0 Å². The van der Waals surface area contributed by atoms with Crippen LogP contribution in [0.15, 0.2) is 0 Å². The summed E-state index contributed by atoms with van der Waals surface area (Å²) in [5, 5.41) is 0. The summed E-state index contributed by atoms with van der Waals surface area (Å²) >= 11 is 3.54. The van der Waals surface area contributed by atoms with E-state index in [4.69, 9.17) is 0 Å². The third-order valence-corrected chi connectivity index (χ3v) is 2.61. The first-order valence-corrected chi connectivity index (χ1v) is 3.69. The largest absolute Gasteiger partial charge is 0.0888 e. The number of hydrogen-bond donors (Lipinski definition) is 0. The predicted octanol–water partition coefficient (Wildman–Crippen LogP) is 2.38. The van der Waals surface area contributed by atoms with Gasteiger partial charge in [0.25, 0.3) is 0 Å². The van der Waals surface area contributed by atoms with Gasteiger partial charge in [0.05, 0.1) is 0 Å². The van der Waals surface area contributed by atoms with Gasteiger partial charge in [0, 0.05) is 4.83 Å². The van der Waals surface area contributed by atoms with Crippen LogP contribution in [-0.2, 0) is 0 Å². The van der Waals surface area contributed by atoms with Crippen molar-refractivity contribution in [2.75, 3.05) is 0 Å². The quantitative estimate of drug-likeness (QED) is 0.547. The molecule has 7 heavy (non-hydrogen) atoms. The Morgan fingerprint density at radius 2 is 2.29 bits per heavy atom. The number of alkyl halides is 1. The third kappa shape index (κ3) is 1.45. The molecule has 0 heterocycles. The molecule has 0 aliphatic heterocycles. The summed E-state index contributed by atoms with van der Waals surface area (Å²) in [7, 11) is 0. The molecular formula is C6H10Br. The first kappa shape index (κ1) is 5.61. The van der Waals surface area contributed by atoms with Crippen LogP contribution in [0.4, 0.5) is 0 Å². The predicted molar refractivity (Wildman–Crippen MR) is 35.4 cm³/mol. The lowest BCUT2D eigenvalue weighted by Crippen LogP contribution is -1.95. The van der Waals surface area contributed by atoms with Gasteiger partial charge in [-0.1, -0.05) is 22.9 Å². The monoisotopic (exact) mass is 161 g/mol. The van der Waals surface area contributed by atoms with Crippen molar-refractivity contribution >= 4 is 15.9 Å². The Labute approximate surface area is 53.4 Å². The van der Waals surface area contributed by atoms with Crippen LogP contribution in [0.25, 0.3) is 0 Å². The summed E-state index contributed by atoms with van der Waals surface area (Å²) in [6.45, 7) is 3.80. The maximum absolute atomic E-state index is 3.80. The Kier molecular flexibility index (Phi) is 1.74. The van der Waals surface area contributed by atoms with E-state index in [0.717, 1.165) is 12.3 Å². The Morgan fingerprint density at radius 3 is 2.43 bits per heavy atom. The van der Waals surface area contributed by atoms with Crippen LogP contribution < -0.4 is 0 Å². The second kappa shape index (κ2) is 2.17. The molecule has 1 radical (unpaired) electrons. The van der Waals surface area contributed by atoms with Gasteiger partial charge < -0.3 is 0 Å². The summed E-state index contributed by atoms with van der Waals surface area (Å²) < 4.78 is 0. The summed E-state index contributed by atoms with van der Waals surface area (Å²) in [6, 6.07) is 0. The molecule has 0 aromatic heterocycles. The molecule has 0 aromatic rings. The van der Waals surface area contributed by atoms with Gasteiger partial charge in [-0.05, 0) is 25.2 Å². The van der Waals surface area contributed by atoms with Crippen molar-refractivity contribution in [3.63, 3.8) is 0 Å². The lowest BCUT2D eigenvalue weighted by Gasteiger charge is -1.99. The van der Waals surface area contributed by atoms with Crippen molar-refractivity contribution in [1.82, 2.24) is 0 Å². The molecule has 0 bridgehead atoms. The first-order valence-electron chi connectivity index (χ1n) is 2.78. The summed E-state index contributed by atoms with van der Waals surface area (Å²) in [5.74, 6) is 0.970. The highest BCUT2D eigenvalue weighted by molar-refractivity contribution is 9.09. The number of rotatable bonds is 2. The van der Waals surface area contributed by atoms with Crippen LogP contribution in [-0.4, -0.2) is 4.83 Å². The SMILES string of the molecule is [CH2]CC(Br)C1CC1. The second-order valence-corrected chi connectivity index (χ2v) is 3.32. The molecule has 0 saturated heterocycles. The Bertz CT molecular complexity index is 57.2. The minimum Gasteiger partial charge on any atom is -0.0888 e. The molecular weight excluding hydrogens is 152 g/mol. The van der Waals surface area contributed by atoms with Crippen LogP contribution in [0.5, 0.6) is 0 Å². The number of halogens is 1. The second-order valence-electron chi connectivity index (χ2n) is 2.14. The van der Waals surface area contributed by atoms with E-state index in [1.54, 1.807) is 0 Å². The fraction of sp³-hybridized carbons (Fsp3) is 0.833. The highest BCUT2D eigenvalue weighted by Crippen LogP contribution is 2.37. The molecule has 1 rings (SSSR count). The molecule has 0 amide bonds. The average molecular weight is 162 g/mol. The smallest absolute Gasteiger partial charge is 0.0174 e. The molecule has 0 nitrogen and oxygen atoms in total. The average Bonchev–Trinajstić information content (AvgIpc) is 2.44. The maximum Gasteiger partial charge on any atom is 0.0174 e. The highest BCUT2D eigenvalue weighted by Gasteiger charge is 2.27. The van der Waals surface area contributed by atoms with Crippen molar-refractivity contribution in [3.05, 3.63) is 6.92 Å². The van der Waals surface area contributed by atoms with E-state index in [0.29, 0.717) is 4.83 Å². The molecule has 1 aliphatic carbocycles. The zero-order valence-electron chi connectivity index (χ0n) is 4.36. The molecule has 0 spiro atoms. The van der Waals surface area contributed by atoms with Crippen LogP contribution in [0, 0.1) is 12.8 Å². The molecule has 1 saturated carbocycles. The van der Waals surface area contributed by atoms with E-state index < -0.39 is 0 Å². The lowest BCUT2D eigenvalue weighted by molar-refractivity contribution is 0.775. The standard InChI is InChI=1S/C6H10Br/c1-2-6(7)5-3-4-5/h5-6H,1-4H2. The minimum atomic E-state index is 0.715. The van der Waals surface area contributed by atoms with E-state index in [9.17, 15) is 0 Å². The van der Waals surface area contributed by atoms with Crippen molar-refractivity contribution in [3.8, 4) is 0 Å². The van der Waals surface area contributed by atoms with Gasteiger partial charge in [-0.2, -0.15) is 0 Å². The molecule has 1 aliphatic rings. The molecule has 41 valence electrons. The lowest BCUT2D eigenvalue weighted by atomic mass is 10.2. The van der Waals surface area contributed by atoms with E-state index in [2.05, 4.69) is 22.9 Å². The fourth-order valence-electron chi connectivity index (χ4n) is 0.694. The zero-order chi connectivity index (χ0) is 5.28. The molecule has 0 aromatic carbocycles. The Hall–Kier alpha value is 0.480. The summed E-state index contributed by atoms with van der Waals surface area (Å²) in [5.41, 5.74) is 0. The maximum atomic E-state index is 3.80. The van der Waals surface area contributed by atoms with E-state index in [-0.39, 0.29) is 0 Å². The molecule has 0 N–H and O–H groups in total.